The molecule has 0 aliphatic carbocycles. The Morgan fingerprint density at radius 2 is 1.77 bits per heavy atom. The first-order chi connectivity index (χ1) is 9.97. The van der Waals surface area contributed by atoms with Crippen LogP contribution in [0.1, 0.15) is 34.6 Å². The standard InChI is InChI=1S/C14H23NO7/c1-13(2,3)22-12(19)15-7(6-16)9-10(8(15)11(17)18)21-14(4,5)20-9/h7-10,16H,6H2,1-5H3,(H,17,18)/t7-,8-,9-,10+/m0/s1. The number of aliphatic carboxylic acids is 1. The third kappa shape index (κ3) is 3.04. The Bertz CT molecular complexity index is 470. The average Bonchev–Trinajstić information content (AvgIpc) is 2.75. The van der Waals surface area contributed by atoms with E-state index in [9.17, 15) is 19.8 Å². The van der Waals surface area contributed by atoms with Gasteiger partial charge in [-0.2, -0.15) is 0 Å². The van der Waals surface area contributed by atoms with Crippen molar-refractivity contribution < 1.29 is 34.0 Å². The van der Waals surface area contributed by atoms with Gasteiger partial charge in [0.1, 0.15) is 17.8 Å². The van der Waals surface area contributed by atoms with Crippen molar-refractivity contribution in [1.82, 2.24) is 4.90 Å². The van der Waals surface area contributed by atoms with E-state index in [-0.39, 0.29) is 0 Å². The van der Waals surface area contributed by atoms with E-state index in [0.29, 0.717) is 0 Å². The molecule has 0 saturated carbocycles. The molecule has 0 spiro atoms. The van der Waals surface area contributed by atoms with E-state index in [4.69, 9.17) is 14.2 Å². The molecule has 0 radical (unpaired) electrons. The van der Waals surface area contributed by atoms with Crippen LogP contribution in [0.25, 0.3) is 0 Å². The molecule has 8 nitrogen and oxygen atoms in total. The van der Waals surface area contributed by atoms with Crippen molar-refractivity contribution in [3.63, 3.8) is 0 Å². The number of hydrogen-bond donors (Lipinski definition) is 2. The van der Waals surface area contributed by atoms with Crippen LogP contribution in [0.3, 0.4) is 0 Å². The number of carboxylic acid groups (broad SMARTS) is 1. The van der Waals surface area contributed by atoms with Gasteiger partial charge in [0, 0.05) is 0 Å². The quantitative estimate of drug-likeness (QED) is 0.767. The van der Waals surface area contributed by atoms with Gasteiger partial charge in [-0.3, -0.25) is 4.90 Å². The minimum absolute atomic E-state index is 0.441. The van der Waals surface area contributed by atoms with Crippen molar-refractivity contribution >= 4 is 12.1 Å². The van der Waals surface area contributed by atoms with E-state index in [1.54, 1.807) is 34.6 Å². The highest BCUT2D eigenvalue weighted by atomic mass is 16.8. The molecule has 126 valence electrons. The highest BCUT2D eigenvalue weighted by Gasteiger charge is 2.62. The fraction of sp³-hybridized carbons (Fsp3) is 0.857. The van der Waals surface area contributed by atoms with Gasteiger partial charge < -0.3 is 24.4 Å². The largest absolute Gasteiger partial charge is 0.480 e. The van der Waals surface area contributed by atoms with Crippen molar-refractivity contribution in [3.8, 4) is 0 Å². The average molecular weight is 317 g/mol. The molecule has 2 saturated heterocycles. The zero-order valence-corrected chi connectivity index (χ0v) is 13.4. The molecule has 0 aromatic carbocycles. The smallest absolute Gasteiger partial charge is 0.411 e. The number of carboxylic acids is 1. The molecule has 2 N–H and O–H groups in total. The van der Waals surface area contributed by atoms with Crippen LogP contribution in [0.5, 0.6) is 0 Å². The molecule has 2 heterocycles. The number of carbonyl (C=O) groups excluding carboxylic acids is 1. The summed E-state index contributed by atoms with van der Waals surface area (Å²) >= 11 is 0. The van der Waals surface area contributed by atoms with Gasteiger partial charge in [-0.05, 0) is 34.6 Å². The number of amides is 1. The Labute approximate surface area is 128 Å². The third-order valence-electron chi connectivity index (χ3n) is 3.56. The zero-order valence-electron chi connectivity index (χ0n) is 13.4. The summed E-state index contributed by atoms with van der Waals surface area (Å²) in [6, 6.07) is -2.10. The Hall–Kier alpha value is -1.38. The monoisotopic (exact) mass is 317 g/mol. The molecular weight excluding hydrogens is 294 g/mol. The van der Waals surface area contributed by atoms with Crippen molar-refractivity contribution in [1.29, 1.82) is 0 Å². The lowest BCUT2D eigenvalue weighted by molar-refractivity contribution is -0.175. The maximum Gasteiger partial charge on any atom is 0.411 e. The molecule has 2 rings (SSSR count). The summed E-state index contributed by atoms with van der Waals surface area (Å²) in [6.45, 7) is 7.93. The summed E-state index contributed by atoms with van der Waals surface area (Å²) in [5.74, 6) is -2.19. The Balaban J connectivity index is 2.32. The molecule has 0 aromatic rings. The van der Waals surface area contributed by atoms with E-state index in [0.717, 1.165) is 4.90 Å². The normalized spacial score (nSPS) is 33.6. The third-order valence-corrected chi connectivity index (χ3v) is 3.56. The number of aliphatic hydroxyl groups excluding tert-OH is 1. The Morgan fingerprint density at radius 1 is 1.23 bits per heavy atom. The number of aliphatic hydroxyl groups is 1. The molecule has 22 heavy (non-hydrogen) atoms. The van der Waals surface area contributed by atoms with Crippen LogP contribution in [-0.2, 0) is 19.0 Å². The van der Waals surface area contributed by atoms with Gasteiger partial charge in [0.25, 0.3) is 0 Å². The SMILES string of the molecule is CC(C)(C)OC(=O)N1[C@H](C(=O)O)[C@H]2OC(C)(C)O[C@H]2[C@@H]1CO. The lowest BCUT2D eigenvalue weighted by atomic mass is 10.1. The number of fused-ring (bicyclic) bond motifs is 1. The molecular formula is C14H23NO7. The number of nitrogens with zero attached hydrogens (tertiary/aromatic N) is 1. The second-order valence-electron chi connectivity index (χ2n) is 6.99. The molecule has 4 atom stereocenters. The van der Waals surface area contributed by atoms with Gasteiger partial charge >= 0.3 is 12.1 Å². The fourth-order valence-corrected chi connectivity index (χ4v) is 2.90. The summed E-state index contributed by atoms with van der Waals surface area (Å²) in [7, 11) is 0. The van der Waals surface area contributed by atoms with E-state index in [1.165, 1.54) is 0 Å². The lowest BCUT2D eigenvalue weighted by Crippen LogP contribution is -2.52. The molecule has 0 unspecified atom stereocenters. The van der Waals surface area contributed by atoms with Crippen LogP contribution in [0.15, 0.2) is 0 Å². The number of hydrogen-bond acceptors (Lipinski definition) is 6. The van der Waals surface area contributed by atoms with Gasteiger partial charge in [-0.15, -0.1) is 0 Å². The van der Waals surface area contributed by atoms with Crippen LogP contribution in [0, 0.1) is 0 Å². The molecule has 2 fully saturated rings. The van der Waals surface area contributed by atoms with Gasteiger partial charge in [-0.1, -0.05) is 0 Å². The number of ether oxygens (including phenoxy) is 3. The maximum absolute atomic E-state index is 12.4. The first-order valence-corrected chi connectivity index (χ1v) is 7.17. The second-order valence-corrected chi connectivity index (χ2v) is 6.99. The van der Waals surface area contributed by atoms with Gasteiger partial charge in [-0.25, -0.2) is 9.59 Å². The first kappa shape index (κ1) is 17.0. The van der Waals surface area contributed by atoms with Crippen molar-refractivity contribution in [2.45, 2.75) is 70.3 Å². The van der Waals surface area contributed by atoms with Crippen LogP contribution >= 0.6 is 0 Å². The minimum Gasteiger partial charge on any atom is -0.480 e. The Kier molecular flexibility index (Phi) is 4.14. The second kappa shape index (κ2) is 5.36. The molecule has 0 bridgehead atoms. The van der Waals surface area contributed by atoms with Crippen molar-refractivity contribution in [3.05, 3.63) is 0 Å². The summed E-state index contributed by atoms with van der Waals surface area (Å²) in [6.07, 6.45) is -2.37. The molecule has 1 amide bonds. The van der Waals surface area contributed by atoms with Gasteiger partial charge in [0.05, 0.1) is 12.6 Å². The Morgan fingerprint density at radius 3 is 2.23 bits per heavy atom. The zero-order chi connectivity index (χ0) is 16.9. The number of likely N-dealkylation sites (tertiary alicyclic amines) is 1. The maximum atomic E-state index is 12.4. The number of carbonyl (C=O) groups is 2. The van der Waals surface area contributed by atoms with Crippen LogP contribution in [0.2, 0.25) is 0 Å². The predicted octanol–water partition coefficient (Wildman–Crippen LogP) is 0.571. The number of rotatable bonds is 2. The van der Waals surface area contributed by atoms with Crippen molar-refractivity contribution in [2.75, 3.05) is 6.61 Å². The predicted molar refractivity (Wildman–Crippen MR) is 74.2 cm³/mol. The summed E-state index contributed by atoms with van der Waals surface area (Å²) in [4.78, 5) is 25.0. The minimum atomic E-state index is -1.27. The summed E-state index contributed by atoms with van der Waals surface area (Å²) in [5, 5.41) is 19.1. The highest BCUT2D eigenvalue weighted by Crippen LogP contribution is 2.41. The van der Waals surface area contributed by atoms with E-state index in [2.05, 4.69) is 0 Å². The summed E-state index contributed by atoms with van der Waals surface area (Å²) < 4.78 is 16.6. The van der Waals surface area contributed by atoms with Gasteiger partial charge in [0.2, 0.25) is 0 Å². The van der Waals surface area contributed by atoms with Gasteiger partial charge in [0.15, 0.2) is 11.8 Å². The highest BCUT2D eigenvalue weighted by molar-refractivity contribution is 5.82. The molecule has 0 aromatic heterocycles. The molecule has 2 aliphatic rings. The van der Waals surface area contributed by atoms with Crippen LogP contribution in [-0.4, -0.2) is 69.5 Å². The van der Waals surface area contributed by atoms with Crippen LogP contribution < -0.4 is 0 Å². The molecule has 2 aliphatic heterocycles. The van der Waals surface area contributed by atoms with Crippen molar-refractivity contribution in [2.24, 2.45) is 0 Å². The first-order valence-electron chi connectivity index (χ1n) is 7.17. The summed E-state index contributed by atoms with van der Waals surface area (Å²) in [5.41, 5.74) is -0.779. The van der Waals surface area contributed by atoms with E-state index >= 15 is 0 Å². The lowest BCUT2D eigenvalue weighted by Gasteiger charge is -2.33. The van der Waals surface area contributed by atoms with E-state index in [1.807, 2.05) is 0 Å². The topological polar surface area (TPSA) is 106 Å². The fourth-order valence-electron chi connectivity index (χ4n) is 2.90. The molecule has 8 heteroatoms. The van der Waals surface area contributed by atoms with E-state index < -0.39 is 54.3 Å². The van der Waals surface area contributed by atoms with Crippen LogP contribution in [0.4, 0.5) is 4.79 Å².